The predicted molar refractivity (Wildman–Crippen MR) is 334 cm³/mol. The van der Waals surface area contributed by atoms with Crippen molar-refractivity contribution in [1.29, 1.82) is 0 Å². The molecular formula is C71H112O6. The highest BCUT2D eigenvalue weighted by atomic mass is 16.6. The first-order valence-corrected chi connectivity index (χ1v) is 31.0. The van der Waals surface area contributed by atoms with Crippen molar-refractivity contribution >= 4 is 17.9 Å². The van der Waals surface area contributed by atoms with Crippen LogP contribution in [-0.4, -0.2) is 37.2 Å². The van der Waals surface area contributed by atoms with Crippen molar-refractivity contribution in [2.45, 2.75) is 258 Å². The van der Waals surface area contributed by atoms with Crippen molar-refractivity contribution in [1.82, 2.24) is 0 Å². The molecule has 77 heavy (non-hydrogen) atoms. The summed E-state index contributed by atoms with van der Waals surface area (Å²) in [5.41, 5.74) is 0. The second-order valence-electron chi connectivity index (χ2n) is 19.9. The lowest BCUT2D eigenvalue weighted by Gasteiger charge is -2.18. The molecule has 0 aromatic carbocycles. The first-order valence-electron chi connectivity index (χ1n) is 31.0. The Balaban J connectivity index is 4.18. The number of esters is 3. The van der Waals surface area contributed by atoms with Crippen LogP contribution in [0.5, 0.6) is 0 Å². The lowest BCUT2D eigenvalue weighted by molar-refractivity contribution is -0.167. The minimum absolute atomic E-state index is 0.0953. The number of carbonyl (C=O) groups excluding carboxylic acids is 3. The second-order valence-corrected chi connectivity index (χ2v) is 19.9. The molecule has 0 aliphatic rings. The molecule has 0 aliphatic heterocycles. The van der Waals surface area contributed by atoms with Gasteiger partial charge in [-0.05, 0) is 128 Å². The highest BCUT2D eigenvalue weighted by molar-refractivity contribution is 5.71. The van der Waals surface area contributed by atoms with Crippen LogP contribution in [0.2, 0.25) is 0 Å². The van der Waals surface area contributed by atoms with Gasteiger partial charge in [0.15, 0.2) is 6.10 Å². The van der Waals surface area contributed by atoms with E-state index in [0.717, 1.165) is 173 Å². The van der Waals surface area contributed by atoms with Crippen molar-refractivity contribution in [3.05, 3.63) is 158 Å². The first kappa shape index (κ1) is 72.0. The molecule has 0 aromatic rings. The van der Waals surface area contributed by atoms with Crippen LogP contribution in [0.4, 0.5) is 0 Å². The molecule has 6 nitrogen and oxygen atoms in total. The third kappa shape index (κ3) is 61.8. The van der Waals surface area contributed by atoms with Gasteiger partial charge in [-0.1, -0.05) is 262 Å². The van der Waals surface area contributed by atoms with Gasteiger partial charge < -0.3 is 14.2 Å². The zero-order valence-corrected chi connectivity index (χ0v) is 49.4. The van der Waals surface area contributed by atoms with Crippen LogP contribution in [0, 0.1) is 0 Å². The van der Waals surface area contributed by atoms with Crippen LogP contribution < -0.4 is 0 Å². The maximum Gasteiger partial charge on any atom is 0.306 e. The smallest absolute Gasteiger partial charge is 0.306 e. The fourth-order valence-electron chi connectivity index (χ4n) is 7.95. The molecule has 0 amide bonds. The van der Waals surface area contributed by atoms with Crippen molar-refractivity contribution in [2.24, 2.45) is 0 Å². The van der Waals surface area contributed by atoms with E-state index in [2.05, 4.69) is 179 Å². The lowest BCUT2D eigenvalue weighted by atomic mass is 10.1. The van der Waals surface area contributed by atoms with Crippen LogP contribution in [0.1, 0.15) is 252 Å². The fraction of sp³-hybridized carbons (Fsp3) is 0.592. The molecule has 1 atom stereocenters. The summed E-state index contributed by atoms with van der Waals surface area (Å²) in [6.07, 6.45) is 92.9. The largest absolute Gasteiger partial charge is 0.462 e. The summed E-state index contributed by atoms with van der Waals surface area (Å²) in [5, 5.41) is 0. The predicted octanol–water partition coefficient (Wildman–Crippen LogP) is 21.3. The molecule has 0 aliphatic carbocycles. The van der Waals surface area contributed by atoms with Crippen molar-refractivity contribution in [3.8, 4) is 0 Å². The van der Waals surface area contributed by atoms with Gasteiger partial charge in [-0.15, -0.1) is 0 Å². The summed E-state index contributed by atoms with van der Waals surface area (Å²) in [5.74, 6) is -0.947. The van der Waals surface area contributed by atoms with Gasteiger partial charge in [0.25, 0.3) is 0 Å². The molecule has 0 heterocycles. The van der Waals surface area contributed by atoms with Gasteiger partial charge in [0.05, 0.1) is 0 Å². The Morgan fingerprint density at radius 3 is 0.792 bits per heavy atom. The quantitative estimate of drug-likeness (QED) is 0.0261. The van der Waals surface area contributed by atoms with E-state index in [1.54, 1.807) is 0 Å². The number of hydrogen-bond donors (Lipinski definition) is 0. The van der Waals surface area contributed by atoms with E-state index in [4.69, 9.17) is 14.2 Å². The maximum absolute atomic E-state index is 12.8. The number of carbonyl (C=O) groups is 3. The number of allylic oxidation sites excluding steroid dienone is 26. The Morgan fingerprint density at radius 1 is 0.273 bits per heavy atom. The third-order valence-electron chi connectivity index (χ3n) is 12.5. The van der Waals surface area contributed by atoms with E-state index in [-0.39, 0.29) is 31.1 Å². The normalized spacial score (nSPS) is 13.2. The van der Waals surface area contributed by atoms with Crippen LogP contribution in [0.3, 0.4) is 0 Å². The second kappa shape index (κ2) is 63.6. The van der Waals surface area contributed by atoms with Gasteiger partial charge in [0.1, 0.15) is 13.2 Å². The minimum Gasteiger partial charge on any atom is -0.462 e. The van der Waals surface area contributed by atoms with Crippen molar-refractivity contribution < 1.29 is 28.6 Å². The Labute approximate surface area is 473 Å². The van der Waals surface area contributed by atoms with Gasteiger partial charge in [-0.3, -0.25) is 14.4 Å². The Kier molecular flexibility index (Phi) is 59.5. The number of rotatable bonds is 54. The topological polar surface area (TPSA) is 78.9 Å². The molecule has 0 N–H and O–H groups in total. The minimum atomic E-state index is -0.797. The molecule has 1 unspecified atom stereocenters. The Hall–Kier alpha value is -4.97. The highest BCUT2D eigenvalue weighted by Crippen LogP contribution is 2.14. The summed E-state index contributed by atoms with van der Waals surface area (Å²) in [6, 6.07) is 0. The molecule has 0 radical (unpaired) electrons. The summed E-state index contributed by atoms with van der Waals surface area (Å²) in [7, 11) is 0. The average molecular weight is 1060 g/mol. The number of ether oxygens (including phenoxy) is 3. The number of unbranched alkanes of at least 4 members (excludes halogenated alkanes) is 17. The third-order valence-corrected chi connectivity index (χ3v) is 12.5. The van der Waals surface area contributed by atoms with E-state index in [1.165, 1.54) is 38.5 Å². The summed E-state index contributed by atoms with van der Waals surface area (Å²) in [6.45, 7) is 6.29. The van der Waals surface area contributed by atoms with Gasteiger partial charge in [-0.2, -0.15) is 0 Å². The van der Waals surface area contributed by atoms with Crippen LogP contribution in [0.25, 0.3) is 0 Å². The van der Waals surface area contributed by atoms with E-state index in [0.29, 0.717) is 19.3 Å². The summed E-state index contributed by atoms with van der Waals surface area (Å²) in [4.78, 5) is 37.9. The van der Waals surface area contributed by atoms with Crippen molar-refractivity contribution in [3.63, 3.8) is 0 Å². The molecule has 0 fully saturated rings. The van der Waals surface area contributed by atoms with E-state index >= 15 is 0 Å². The molecule has 0 bridgehead atoms. The first-order chi connectivity index (χ1) is 38.0. The highest BCUT2D eigenvalue weighted by Gasteiger charge is 2.19. The zero-order chi connectivity index (χ0) is 55.7. The molecule has 432 valence electrons. The molecule has 6 heteroatoms. The Morgan fingerprint density at radius 2 is 0.506 bits per heavy atom. The van der Waals surface area contributed by atoms with E-state index in [1.807, 2.05) is 0 Å². The van der Waals surface area contributed by atoms with Gasteiger partial charge in [-0.25, -0.2) is 0 Å². The van der Waals surface area contributed by atoms with Crippen molar-refractivity contribution in [2.75, 3.05) is 13.2 Å². The monoisotopic (exact) mass is 1060 g/mol. The molecule has 0 spiro atoms. The van der Waals surface area contributed by atoms with E-state index in [9.17, 15) is 14.4 Å². The Bertz CT molecular complexity index is 1740. The molecule has 0 aromatic heterocycles. The van der Waals surface area contributed by atoms with Crippen LogP contribution in [0.15, 0.2) is 158 Å². The molecule has 0 saturated carbocycles. The molecule has 0 saturated heterocycles. The number of hydrogen-bond acceptors (Lipinski definition) is 6. The molecular weight excluding hydrogens is 949 g/mol. The zero-order valence-electron chi connectivity index (χ0n) is 49.4. The van der Waals surface area contributed by atoms with Gasteiger partial charge >= 0.3 is 17.9 Å². The average Bonchev–Trinajstić information content (AvgIpc) is 3.43. The van der Waals surface area contributed by atoms with Crippen LogP contribution >= 0.6 is 0 Å². The molecule has 0 rings (SSSR count). The van der Waals surface area contributed by atoms with E-state index < -0.39 is 6.10 Å². The van der Waals surface area contributed by atoms with Gasteiger partial charge in [0, 0.05) is 19.3 Å². The SMILES string of the molecule is CC/C=C\C/C=C\C/C=C\C/C=C\C/C=C\C/C=C\C/C=C\C/C=C\CCCCCCC(=O)OCC(COC(=O)CCCCCCC)OC(=O)CCCCCCCCCCC/C=C\C/C=C\C/C=C\C/C=C\C/C=C\CC. The van der Waals surface area contributed by atoms with Gasteiger partial charge in [0.2, 0.25) is 0 Å². The maximum atomic E-state index is 12.8. The lowest BCUT2D eigenvalue weighted by Crippen LogP contribution is -2.30. The standard InChI is InChI=1S/C71H112O6/c1-4-7-10-13-15-17-19-21-23-25-27-29-31-33-34-35-36-38-39-41-43-45-47-49-51-53-55-58-61-64-70(73)76-67-68(66-75-69(72)63-60-57-12-9-6-3)77-71(74)65-62-59-56-54-52-50-48-46-44-42-40-37-32-30-28-26-24-22-20-18-16-14-11-8-5-2/h7-8,10-11,15-18,21-24,27-30,33-34,36-38,40-41,43,47,49,68H,4-6,9,12-14,19-20,25-26,31-32,35,39,42,44-46,48,50-67H2,1-3H3/b10-7-,11-8-,17-15-,18-16-,23-21-,24-22-,29-27-,30-28-,34-33-,38-36-,40-37-,43-41-,49-47-. The summed E-state index contributed by atoms with van der Waals surface area (Å²) >= 11 is 0. The van der Waals surface area contributed by atoms with Crippen LogP contribution in [-0.2, 0) is 28.6 Å². The fourth-order valence-corrected chi connectivity index (χ4v) is 7.95. The summed E-state index contributed by atoms with van der Waals surface area (Å²) < 4.78 is 16.7.